The van der Waals surface area contributed by atoms with Gasteiger partial charge < -0.3 is 10.2 Å². The van der Waals surface area contributed by atoms with Crippen LogP contribution in [0.4, 0.5) is 4.79 Å². The summed E-state index contributed by atoms with van der Waals surface area (Å²) in [5.74, 6) is 1.41. The average molecular weight is 358 g/mol. The number of rotatable bonds is 1. The standard InChI is InChI=1S/C22H35N3O/c26-22(23-19-8-2-1-3-9-19)25-12-6-7-16-13-17-14-18(21(16)25)15-24-11-5-4-10-20(17)24/h13,17-21H,1-12,14-15H2,(H,23,26)/t17-,18+,20-,21-/m1/s1. The Morgan fingerprint density at radius 1 is 1.00 bits per heavy atom. The second-order valence-corrected chi connectivity index (χ2v) is 9.49. The lowest BCUT2D eigenvalue weighted by Crippen LogP contribution is -2.61. The maximum Gasteiger partial charge on any atom is 0.318 e. The number of nitrogens with zero attached hydrogens (tertiary/aromatic N) is 2. The lowest BCUT2D eigenvalue weighted by Gasteiger charge is -2.54. The minimum atomic E-state index is 0.228. The third-order valence-electron chi connectivity index (χ3n) is 7.85. The first kappa shape index (κ1) is 17.1. The molecule has 3 heterocycles. The average Bonchev–Trinajstić information content (AvgIpc) is 2.68. The van der Waals surface area contributed by atoms with Crippen LogP contribution in [0.1, 0.15) is 70.6 Å². The van der Waals surface area contributed by atoms with Crippen LogP contribution in [0.2, 0.25) is 0 Å². The Balaban J connectivity index is 1.34. The first-order chi connectivity index (χ1) is 12.8. The zero-order valence-electron chi connectivity index (χ0n) is 16.2. The zero-order chi connectivity index (χ0) is 17.5. The normalized spacial score (nSPS) is 38.2. The predicted molar refractivity (Wildman–Crippen MR) is 104 cm³/mol. The highest BCUT2D eigenvalue weighted by Gasteiger charge is 2.47. The second-order valence-electron chi connectivity index (χ2n) is 9.49. The summed E-state index contributed by atoms with van der Waals surface area (Å²) in [5.41, 5.74) is 1.60. The minimum Gasteiger partial charge on any atom is -0.335 e. The van der Waals surface area contributed by atoms with Gasteiger partial charge in [-0.25, -0.2) is 4.79 Å². The van der Waals surface area contributed by atoms with Crippen LogP contribution in [0.5, 0.6) is 0 Å². The number of amides is 2. The van der Waals surface area contributed by atoms with Crippen molar-refractivity contribution in [2.45, 2.75) is 88.8 Å². The number of carbonyl (C=O) groups is 1. The third-order valence-corrected chi connectivity index (χ3v) is 7.85. The lowest BCUT2D eigenvalue weighted by molar-refractivity contribution is 0.00757. The van der Waals surface area contributed by atoms with Crippen LogP contribution in [-0.2, 0) is 0 Å². The van der Waals surface area contributed by atoms with Crippen LogP contribution in [0.15, 0.2) is 11.6 Å². The highest BCUT2D eigenvalue weighted by Crippen LogP contribution is 2.45. The quantitative estimate of drug-likeness (QED) is 0.722. The molecule has 3 saturated heterocycles. The van der Waals surface area contributed by atoms with E-state index in [9.17, 15) is 4.79 Å². The van der Waals surface area contributed by atoms with Gasteiger partial charge in [0.05, 0.1) is 6.04 Å². The van der Waals surface area contributed by atoms with E-state index in [4.69, 9.17) is 0 Å². The van der Waals surface area contributed by atoms with Gasteiger partial charge >= 0.3 is 6.03 Å². The Morgan fingerprint density at radius 2 is 1.85 bits per heavy atom. The Morgan fingerprint density at radius 3 is 2.73 bits per heavy atom. The van der Waals surface area contributed by atoms with Gasteiger partial charge in [0.15, 0.2) is 0 Å². The number of likely N-dealkylation sites (tertiary alicyclic amines) is 1. The third kappa shape index (κ3) is 3.08. The van der Waals surface area contributed by atoms with Crippen molar-refractivity contribution < 1.29 is 4.79 Å². The molecule has 5 aliphatic rings. The highest BCUT2D eigenvalue weighted by atomic mass is 16.2. The molecule has 3 aliphatic heterocycles. The number of carbonyl (C=O) groups excluding carboxylic acids is 1. The number of fused-ring (bicyclic) bond motifs is 6. The molecule has 2 aliphatic carbocycles. The summed E-state index contributed by atoms with van der Waals surface area (Å²) in [6.07, 6.45) is 16.7. The molecule has 1 saturated carbocycles. The van der Waals surface area contributed by atoms with E-state index in [2.05, 4.69) is 21.2 Å². The van der Waals surface area contributed by atoms with Crippen molar-refractivity contribution in [1.29, 1.82) is 0 Å². The van der Waals surface area contributed by atoms with E-state index in [1.807, 2.05) is 0 Å². The molecular weight excluding hydrogens is 322 g/mol. The zero-order valence-corrected chi connectivity index (χ0v) is 16.2. The lowest BCUT2D eigenvalue weighted by atomic mass is 9.68. The van der Waals surface area contributed by atoms with Gasteiger partial charge in [-0.2, -0.15) is 0 Å². The van der Waals surface area contributed by atoms with Crippen molar-refractivity contribution in [3.63, 3.8) is 0 Å². The predicted octanol–water partition coefficient (Wildman–Crippen LogP) is 3.92. The number of hydrogen-bond donors (Lipinski definition) is 1. The monoisotopic (exact) mass is 357 g/mol. The molecule has 5 rings (SSSR count). The Hall–Kier alpha value is -1.03. The van der Waals surface area contributed by atoms with Crippen molar-refractivity contribution in [1.82, 2.24) is 15.1 Å². The van der Waals surface area contributed by atoms with E-state index in [0.29, 0.717) is 18.0 Å². The highest BCUT2D eigenvalue weighted by molar-refractivity contribution is 5.75. The van der Waals surface area contributed by atoms with Crippen LogP contribution in [-0.4, -0.2) is 53.6 Å². The van der Waals surface area contributed by atoms with Crippen LogP contribution in [0, 0.1) is 11.8 Å². The van der Waals surface area contributed by atoms with Gasteiger partial charge in [-0.3, -0.25) is 4.90 Å². The number of piperidine rings is 3. The number of urea groups is 1. The van der Waals surface area contributed by atoms with E-state index in [1.54, 1.807) is 5.57 Å². The Bertz CT molecular complexity index is 568. The largest absolute Gasteiger partial charge is 0.335 e. The number of hydrogen-bond acceptors (Lipinski definition) is 2. The van der Waals surface area contributed by atoms with Crippen molar-refractivity contribution in [3.8, 4) is 0 Å². The summed E-state index contributed by atoms with van der Waals surface area (Å²) >= 11 is 0. The van der Waals surface area contributed by atoms with Crippen LogP contribution < -0.4 is 5.32 Å². The van der Waals surface area contributed by atoms with Gasteiger partial charge in [0, 0.05) is 25.2 Å². The Kier molecular flexibility index (Phi) is 4.72. The van der Waals surface area contributed by atoms with Gasteiger partial charge in [0.2, 0.25) is 0 Å². The molecule has 0 spiro atoms. The van der Waals surface area contributed by atoms with Gasteiger partial charge in [-0.1, -0.05) is 37.3 Å². The fourth-order valence-corrected chi connectivity index (χ4v) is 6.71. The first-order valence-corrected chi connectivity index (χ1v) is 11.3. The molecule has 2 bridgehead atoms. The fourth-order valence-electron chi connectivity index (χ4n) is 6.71. The summed E-state index contributed by atoms with van der Waals surface area (Å²) in [6.45, 7) is 3.45. The molecule has 0 radical (unpaired) electrons. The SMILES string of the molecule is O=C(NC1CCCCC1)N1CCCC2=C[C@@H]3C[C@@H](CN4CCCC[C@H]34)[C@@H]21. The fraction of sp³-hybridized carbons (Fsp3) is 0.864. The van der Waals surface area contributed by atoms with Crippen LogP contribution in [0.25, 0.3) is 0 Å². The van der Waals surface area contributed by atoms with Gasteiger partial charge in [0.1, 0.15) is 0 Å². The summed E-state index contributed by atoms with van der Waals surface area (Å²) < 4.78 is 0. The molecule has 0 aromatic rings. The smallest absolute Gasteiger partial charge is 0.318 e. The molecular formula is C22H35N3O. The first-order valence-electron chi connectivity index (χ1n) is 11.3. The topological polar surface area (TPSA) is 35.6 Å². The van der Waals surface area contributed by atoms with Crippen molar-refractivity contribution in [3.05, 3.63) is 11.6 Å². The molecule has 0 aromatic heterocycles. The van der Waals surface area contributed by atoms with Gasteiger partial charge in [-0.05, 0) is 63.3 Å². The molecule has 4 nitrogen and oxygen atoms in total. The second kappa shape index (κ2) is 7.18. The van der Waals surface area contributed by atoms with E-state index in [-0.39, 0.29) is 6.03 Å². The maximum absolute atomic E-state index is 13.1. The number of nitrogens with one attached hydrogen (secondary N) is 1. The molecule has 4 fully saturated rings. The van der Waals surface area contributed by atoms with Crippen LogP contribution >= 0.6 is 0 Å². The van der Waals surface area contributed by atoms with Crippen LogP contribution in [0.3, 0.4) is 0 Å². The molecule has 2 amide bonds. The summed E-state index contributed by atoms with van der Waals surface area (Å²) in [5, 5.41) is 3.40. The summed E-state index contributed by atoms with van der Waals surface area (Å²) in [4.78, 5) is 18.1. The molecule has 144 valence electrons. The summed E-state index contributed by atoms with van der Waals surface area (Å²) in [7, 11) is 0. The minimum absolute atomic E-state index is 0.228. The van der Waals surface area contributed by atoms with E-state index in [1.165, 1.54) is 77.3 Å². The van der Waals surface area contributed by atoms with Gasteiger partial charge in [0.25, 0.3) is 0 Å². The van der Waals surface area contributed by atoms with Gasteiger partial charge in [-0.15, -0.1) is 0 Å². The molecule has 0 aromatic carbocycles. The van der Waals surface area contributed by atoms with E-state index < -0.39 is 0 Å². The van der Waals surface area contributed by atoms with E-state index >= 15 is 0 Å². The molecule has 1 N–H and O–H groups in total. The Labute approximate surface area is 158 Å². The van der Waals surface area contributed by atoms with E-state index in [0.717, 1.165) is 24.9 Å². The maximum atomic E-state index is 13.1. The molecule has 26 heavy (non-hydrogen) atoms. The molecule has 4 heteroatoms. The molecule has 4 atom stereocenters. The van der Waals surface area contributed by atoms with Crippen molar-refractivity contribution in [2.24, 2.45) is 11.8 Å². The molecule has 0 unspecified atom stereocenters. The van der Waals surface area contributed by atoms with Crippen molar-refractivity contribution in [2.75, 3.05) is 19.6 Å². The summed E-state index contributed by atoms with van der Waals surface area (Å²) in [6, 6.07) is 1.82. The van der Waals surface area contributed by atoms with Crippen molar-refractivity contribution >= 4 is 6.03 Å².